The van der Waals surface area contributed by atoms with E-state index < -0.39 is 24.1 Å². The van der Waals surface area contributed by atoms with Gasteiger partial charge in [-0.05, 0) is 49.4 Å². The van der Waals surface area contributed by atoms with Gasteiger partial charge in [0.25, 0.3) is 5.91 Å². The summed E-state index contributed by atoms with van der Waals surface area (Å²) >= 11 is 0. The van der Waals surface area contributed by atoms with Gasteiger partial charge in [-0.2, -0.15) is 0 Å². The molecule has 1 aliphatic carbocycles. The average Bonchev–Trinajstić information content (AvgIpc) is 2.39. The summed E-state index contributed by atoms with van der Waals surface area (Å²) in [7, 11) is 0. The molecule has 0 heterocycles. The largest absolute Gasteiger partial charge is 0.481 e. The van der Waals surface area contributed by atoms with Crippen molar-refractivity contribution < 1.29 is 19.4 Å². The molecule has 0 radical (unpaired) electrons. The van der Waals surface area contributed by atoms with Gasteiger partial charge in [0.15, 0.2) is 6.10 Å². The summed E-state index contributed by atoms with van der Waals surface area (Å²) in [5.74, 6) is -0.118. The van der Waals surface area contributed by atoms with E-state index in [2.05, 4.69) is 0 Å². The third kappa shape index (κ3) is 3.27. The summed E-state index contributed by atoms with van der Waals surface area (Å²) in [6.45, 7) is 1.52. The maximum atomic E-state index is 11.5. The van der Waals surface area contributed by atoms with Gasteiger partial charge >= 0.3 is 6.03 Å². The minimum atomic E-state index is -0.911. The van der Waals surface area contributed by atoms with Gasteiger partial charge in [-0.15, -0.1) is 0 Å². The molecule has 0 bridgehead atoms. The van der Waals surface area contributed by atoms with Crippen LogP contribution in [-0.4, -0.2) is 23.1 Å². The van der Waals surface area contributed by atoms with Crippen LogP contribution in [0.3, 0.4) is 0 Å². The molecule has 1 unspecified atom stereocenters. The Bertz CT molecular complexity index is 530. The van der Waals surface area contributed by atoms with Gasteiger partial charge < -0.3 is 15.6 Å². The number of imide groups is 1. The number of hydrogen-bond donors (Lipinski definition) is 3. The van der Waals surface area contributed by atoms with E-state index in [9.17, 15) is 14.7 Å². The van der Waals surface area contributed by atoms with Crippen molar-refractivity contribution in [2.24, 2.45) is 5.73 Å². The number of carbonyl (C=O) groups excluding carboxylic acids is 2. The Kier molecular flexibility index (Phi) is 4.24. The number of amides is 3. The van der Waals surface area contributed by atoms with Gasteiger partial charge in [-0.3, -0.25) is 10.1 Å². The van der Waals surface area contributed by atoms with Crippen LogP contribution in [0.2, 0.25) is 0 Å². The Labute approximate surface area is 116 Å². The number of carbonyl (C=O) groups is 2. The van der Waals surface area contributed by atoms with Crippen LogP contribution in [0, 0.1) is 0 Å². The van der Waals surface area contributed by atoms with E-state index in [0.717, 1.165) is 30.4 Å². The van der Waals surface area contributed by atoms with E-state index in [1.807, 2.05) is 11.4 Å². The SMILES string of the molecule is CC(Oc1ccc2c(c1)[C@@H](O)CCC2)C(=O)NC(N)=O. The van der Waals surface area contributed by atoms with E-state index in [1.54, 1.807) is 12.1 Å². The second-order valence-electron chi connectivity index (χ2n) is 4.88. The van der Waals surface area contributed by atoms with Gasteiger partial charge in [0.2, 0.25) is 0 Å². The first-order valence-electron chi connectivity index (χ1n) is 6.55. The average molecular weight is 278 g/mol. The smallest absolute Gasteiger partial charge is 0.318 e. The van der Waals surface area contributed by atoms with Crippen molar-refractivity contribution in [2.45, 2.75) is 38.4 Å². The standard InChI is InChI=1S/C14H18N2O4/c1-8(13(18)16-14(15)19)20-10-6-5-9-3-2-4-12(17)11(9)7-10/h5-8,12,17H,2-4H2,1H3,(H3,15,16,18,19)/t8?,12-/m0/s1. The highest BCUT2D eigenvalue weighted by atomic mass is 16.5. The number of nitrogens with two attached hydrogens (primary N) is 1. The van der Waals surface area contributed by atoms with Crippen LogP contribution in [-0.2, 0) is 11.2 Å². The lowest BCUT2D eigenvalue weighted by molar-refractivity contribution is -0.126. The summed E-state index contributed by atoms with van der Waals surface area (Å²) in [5.41, 5.74) is 6.82. The van der Waals surface area contributed by atoms with E-state index in [4.69, 9.17) is 10.5 Å². The lowest BCUT2D eigenvalue weighted by Gasteiger charge is -2.22. The minimum absolute atomic E-state index is 0.483. The van der Waals surface area contributed by atoms with Crippen molar-refractivity contribution in [1.29, 1.82) is 0 Å². The third-order valence-electron chi connectivity index (χ3n) is 3.33. The Hall–Kier alpha value is -2.08. The van der Waals surface area contributed by atoms with Crippen molar-refractivity contribution in [1.82, 2.24) is 5.32 Å². The first kappa shape index (κ1) is 14.3. The highest BCUT2D eigenvalue weighted by Gasteiger charge is 2.20. The summed E-state index contributed by atoms with van der Waals surface area (Å²) in [5, 5.41) is 11.9. The Morgan fingerprint density at radius 2 is 2.25 bits per heavy atom. The molecule has 0 fully saturated rings. The van der Waals surface area contributed by atoms with Crippen LogP contribution >= 0.6 is 0 Å². The van der Waals surface area contributed by atoms with Crippen molar-refractivity contribution >= 4 is 11.9 Å². The van der Waals surface area contributed by atoms with Crippen LogP contribution in [0.25, 0.3) is 0 Å². The lowest BCUT2D eigenvalue weighted by Crippen LogP contribution is -2.42. The number of aliphatic hydroxyl groups excluding tert-OH is 1. The topological polar surface area (TPSA) is 102 Å². The number of primary amides is 1. The molecule has 0 saturated heterocycles. The van der Waals surface area contributed by atoms with E-state index >= 15 is 0 Å². The molecule has 0 spiro atoms. The first-order valence-corrected chi connectivity index (χ1v) is 6.55. The molecule has 20 heavy (non-hydrogen) atoms. The summed E-state index contributed by atoms with van der Waals surface area (Å²) in [4.78, 5) is 22.1. The number of aryl methyl sites for hydroxylation is 1. The monoisotopic (exact) mass is 278 g/mol. The van der Waals surface area contributed by atoms with Crippen LogP contribution in [0.5, 0.6) is 5.75 Å². The molecule has 0 aromatic heterocycles. The van der Waals surface area contributed by atoms with Gasteiger partial charge in [-0.25, -0.2) is 4.79 Å². The normalized spacial score (nSPS) is 18.8. The zero-order chi connectivity index (χ0) is 14.7. The Balaban J connectivity index is 2.08. The van der Waals surface area contributed by atoms with E-state index in [0.29, 0.717) is 5.75 Å². The Morgan fingerprint density at radius 1 is 1.50 bits per heavy atom. The number of nitrogens with one attached hydrogen (secondary N) is 1. The molecule has 0 aliphatic heterocycles. The van der Waals surface area contributed by atoms with Crippen molar-refractivity contribution in [3.05, 3.63) is 29.3 Å². The molecule has 3 amide bonds. The molecule has 6 heteroatoms. The number of urea groups is 1. The van der Waals surface area contributed by atoms with E-state index in [-0.39, 0.29) is 0 Å². The molecule has 1 aromatic carbocycles. The van der Waals surface area contributed by atoms with Gasteiger partial charge in [0, 0.05) is 0 Å². The molecular formula is C14H18N2O4. The molecule has 1 aliphatic rings. The fourth-order valence-electron chi connectivity index (χ4n) is 2.31. The van der Waals surface area contributed by atoms with Crippen molar-refractivity contribution in [3.63, 3.8) is 0 Å². The fraction of sp³-hybridized carbons (Fsp3) is 0.429. The van der Waals surface area contributed by atoms with Crippen LogP contribution in [0.1, 0.15) is 37.0 Å². The lowest BCUT2D eigenvalue weighted by atomic mass is 9.89. The Morgan fingerprint density at radius 3 is 2.95 bits per heavy atom. The zero-order valence-electron chi connectivity index (χ0n) is 11.3. The van der Waals surface area contributed by atoms with Crippen molar-refractivity contribution in [3.8, 4) is 5.75 Å². The predicted octanol–water partition coefficient (Wildman–Crippen LogP) is 1.02. The van der Waals surface area contributed by atoms with Gasteiger partial charge in [-0.1, -0.05) is 6.07 Å². The number of rotatable bonds is 3. The molecule has 108 valence electrons. The number of benzene rings is 1. The number of aliphatic hydroxyl groups is 1. The fourth-order valence-corrected chi connectivity index (χ4v) is 2.31. The van der Waals surface area contributed by atoms with E-state index in [1.165, 1.54) is 6.92 Å². The van der Waals surface area contributed by atoms with Gasteiger partial charge in [0.1, 0.15) is 5.75 Å². The molecule has 6 nitrogen and oxygen atoms in total. The first-order chi connectivity index (χ1) is 9.47. The maximum Gasteiger partial charge on any atom is 0.318 e. The minimum Gasteiger partial charge on any atom is -0.481 e. The van der Waals surface area contributed by atoms with Crippen LogP contribution < -0.4 is 15.8 Å². The van der Waals surface area contributed by atoms with Gasteiger partial charge in [0.05, 0.1) is 6.10 Å². The highest BCUT2D eigenvalue weighted by molar-refractivity contribution is 5.95. The molecule has 4 N–H and O–H groups in total. The molecule has 2 rings (SSSR count). The number of hydrogen-bond acceptors (Lipinski definition) is 4. The van der Waals surface area contributed by atoms with Crippen molar-refractivity contribution in [2.75, 3.05) is 0 Å². The molecule has 0 saturated carbocycles. The quantitative estimate of drug-likeness (QED) is 0.768. The summed E-state index contributed by atoms with van der Waals surface area (Å²) in [6, 6.07) is 4.48. The third-order valence-corrected chi connectivity index (χ3v) is 3.33. The maximum absolute atomic E-state index is 11.5. The van der Waals surface area contributed by atoms with Crippen LogP contribution in [0.15, 0.2) is 18.2 Å². The molecular weight excluding hydrogens is 260 g/mol. The second-order valence-corrected chi connectivity index (χ2v) is 4.88. The second kappa shape index (κ2) is 5.92. The summed E-state index contributed by atoms with van der Waals surface area (Å²) < 4.78 is 5.46. The molecule has 1 aromatic rings. The molecule has 2 atom stereocenters. The number of fused-ring (bicyclic) bond motifs is 1. The highest BCUT2D eigenvalue weighted by Crippen LogP contribution is 2.32. The number of ether oxygens (including phenoxy) is 1. The summed E-state index contributed by atoms with van der Waals surface area (Å²) in [6.07, 6.45) is 1.29. The predicted molar refractivity (Wildman–Crippen MR) is 72.2 cm³/mol. The zero-order valence-corrected chi connectivity index (χ0v) is 11.3. The van der Waals surface area contributed by atoms with Crippen LogP contribution in [0.4, 0.5) is 4.79 Å².